The summed E-state index contributed by atoms with van der Waals surface area (Å²) in [7, 11) is 1.31. The van der Waals surface area contributed by atoms with Crippen LogP contribution in [0.1, 0.15) is 16.4 Å². The van der Waals surface area contributed by atoms with E-state index in [0.29, 0.717) is 16.7 Å². The second kappa shape index (κ2) is 4.47. The van der Waals surface area contributed by atoms with E-state index in [0.717, 1.165) is 10.2 Å². The Balaban J connectivity index is 2.18. The fraction of sp³-hybridized carbons (Fsp3) is 0.154. The zero-order chi connectivity index (χ0) is 13.4. The van der Waals surface area contributed by atoms with Crippen LogP contribution in [0.15, 0.2) is 28.7 Å². The van der Waals surface area contributed by atoms with Crippen LogP contribution in [0.3, 0.4) is 0 Å². The standard InChI is InChI=1S/C13H10N2O3S/c1-7-14-10(13(16)17-2)11(18-7)12-15-8-5-3-4-6-9(8)19-12/h3-6H,1-2H3. The van der Waals surface area contributed by atoms with Gasteiger partial charge in [0.1, 0.15) is 0 Å². The smallest absolute Gasteiger partial charge is 0.360 e. The predicted molar refractivity (Wildman–Crippen MR) is 71.2 cm³/mol. The van der Waals surface area contributed by atoms with Gasteiger partial charge in [0.15, 0.2) is 22.4 Å². The van der Waals surface area contributed by atoms with Gasteiger partial charge in [0.05, 0.1) is 17.3 Å². The number of ether oxygens (including phenoxy) is 1. The number of esters is 1. The molecule has 1 aromatic carbocycles. The number of fused-ring (bicyclic) bond motifs is 1. The van der Waals surface area contributed by atoms with E-state index >= 15 is 0 Å². The minimum absolute atomic E-state index is 0.166. The molecule has 3 rings (SSSR count). The Kier molecular flexibility index (Phi) is 2.79. The van der Waals surface area contributed by atoms with Crippen LogP contribution in [0.25, 0.3) is 21.0 Å². The van der Waals surface area contributed by atoms with Crippen LogP contribution in [-0.4, -0.2) is 23.0 Å². The Hall–Kier alpha value is -2.21. The van der Waals surface area contributed by atoms with Gasteiger partial charge in [-0.1, -0.05) is 12.1 Å². The van der Waals surface area contributed by atoms with Crippen molar-refractivity contribution in [1.29, 1.82) is 0 Å². The molecule has 0 atom stereocenters. The molecule has 19 heavy (non-hydrogen) atoms. The van der Waals surface area contributed by atoms with E-state index in [1.807, 2.05) is 24.3 Å². The molecular formula is C13H10N2O3S. The topological polar surface area (TPSA) is 65.2 Å². The van der Waals surface area contributed by atoms with Crippen LogP contribution in [0.4, 0.5) is 0 Å². The highest BCUT2D eigenvalue weighted by Crippen LogP contribution is 2.32. The molecule has 0 fully saturated rings. The number of carbonyl (C=O) groups is 1. The molecule has 5 nitrogen and oxygen atoms in total. The van der Waals surface area contributed by atoms with E-state index in [4.69, 9.17) is 9.15 Å². The molecule has 0 unspecified atom stereocenters. The van der Waals surface area contributed by atoms with Gasteiger partial charge in [0, 0.05) is 6.92 Å². The molecule has 6 heteroatoms. The number of hydrogen-bond donors (Lipinski definition) is 0. The largest absolute Gasteiger partial charge is 0.464 e. The first-order valence-corrected chi connectivity index (χ1v) is 6.42. The summed E-state index contributed by atoms with van der Waals surface area (Å²) in [4.78, 5) is 20.2. The molecule has 0 spiro atoms. The van der Waals surface area contributed by atoms with Gasteiger partial charge >= 0.3 is 5.97 Å². The van der Waals surface area contributed by atoms with E-state index in [1.165, 1.54) is 18.4 Å². The minimum Gasteiger partial charge on any atom is -0.464 e. The maximum Gasteiger partial charge on any atom is 0.360 e. The number of nitrogens with zero attached hydrogens (tertiary/aromatic N) is 2. The molecule has 2 heterocycles. The molecule has 0 aliphatic heterocycles. The van der Waals surface area contributed by atoms with Crippen LogP contribution < -0.4 is 0 Å². The van der Waals surface area contributed by atoms with Gasteiger partial charge in [-0.15, -0.1) is 11.3 Å². The van der Waals surface area contributed by atoms with Gasteiger partial charge in [0.2, 0.25) is 0 Å². The zero-order valence-electron chi connectivity index (χ0n) is 10.3. The van der Waals surface area contributed by atoms with Crippen LogP contribution in [0.2, 0.25) is 0 Å². The van der Waals surface area contributed by atoms with Crippen LogP contribution in [-0.2, 0) is 4.74 Å². The first-order chi connectivity index (χ1) is 9.19. The van der Waals surface area contributed by atoms with E-state index < -0.39 is 5.97 Å². The van der Waals surface area contributed by atoms with Crippen molar-refractivity contribution in [1.82, 2.24) is 9.97 Å². The number of thiazole rings is 1. The molecule has 3 aromatic rings. The third kappa shape index (κ3) is 2.00. The zero-order valence-corrected chi connectivity index (χ0v) is 11.2. The first kappa shape index (κ1) is 11.9. The van der Waals surface area contributed by atoms with E-state index in [-0.39, 0.29) is 5.69 Å². The monoisotopic (exact) mass is 274 g/mol. The average Bonchev–Trinajstić information content (AvgIpc) is 3.00. The molecule has 0 bridgehead atoms. The summed E-state index contributed by atoms with van der Waals surface area (Å²) in [6.07, 6.45) is 0. The lowest BCUT2D eigenvalue weighted by molar-refractivity contribution is 0.0595. The molecule has 0 saturated heterocycles. The molecule has 96 valence electrons. The van der Waals surface area contributed by atoms with Gasteiger partial charge in [0.25, 0.3) is 0 Å². The van der Waals surface area contributed by atoms with Crippen LogP contribution in [0, 0.1) is 6.92 Å². The summed E-state index contributed by atoms with van der Waals surface area (Å²) in [6, 6.07) is 7.74. The van der Waals surface area contributed by atoms with Gasteiger partial charge in [-0.2, -0.15) is 0 Å². The second-order valence-electron chi connectivity index (χ2n) is 3.89. The third-order valence-electron chi connectivity index (χ3n) is 2.60. The normalized spacial score (nSPS) is 10.8. The number of oxazole rings is 1. The first-order valence-electron chi connectivity index (χ1n) is 5.60. The van der Waals surface area contributed by atoms with Crippen molar-refractivity contribution in [3.8, 4) is 10.8 Å². The second-order valence-corrected chi connectivity index (χ2v) is 4.92. The maximum absolute atomic E-state index is 11.7. The Morgan fingerprint density at radius 1 is 1.32 bits per heavy atom. The third-order valence-corrected chi connectivity index (χ3v) is 3.64. The molecule has 0 amide bonds. The number of methoxy groups -OCH3 is 1. The Morgan fingerprint density at radius 3 is 2.84 bits per heavy atom. The van der Waals surface area contributed by atoms with Crippen molar-refractivity contribution in [2.24, 2.45) is 0 Å². The lowest BCUT2D eigenvalue weighted by atomic mass is 10.3. The number of carbonyl (C=O) groups excluding carboxylic acids is 1. The lowest BCUT2D eigenvalue weighted by Gasteiger charge is -1.94. The van der Waals surface area contributed by atoms with Gasteiger partial charge in [-0.3, -0.25) is 0 Å². The molecule has 0 aliphatic rings. The molecular weight excluding hydrogens is 264 g/mol. The maximum atomic E-state index is 11.7. The van der Waals surface area contributed by atoms with Gasteiger partial charge in [-0.05, 0) is 12.1 Å². The highest BCUT2D eigenvalue weighted by molar-refractivity contribution is 7.21. The number of aryl methyl sites for hydroxylation is 1. The van der Waals surface area contributed by atoms with Crippen molar-refractivity contribution >= 4 is 27.5 Å². The Morgan fingerprint density at radius 2 is 2.11 bits per heavy atom. The van der Waals surface area contributed by atoms with Crippen molar-refractivity contribution < 1.29 is 13.9 Å². The highest BCUT2D eigenvalue weighted by Gasteiger charge is 2.23. The molecule has 0 aliphatic carbocycles. The van der Waals surface area contributed by atoms with Crippen LogP contribution >= 0.6 is 11.3 Å². The number of hydrogen-bond acceptors (Lipinski definition) is 6. The summed E-state index contributed by atoms with van der Waals surface area (Å²) in [5, 5.41) is 0.627. The molecule has 0 radical (unpaired) electrons. The van der Waals surface area contributed by atoms with Crippen molar-refractivity contribution in [2.45, 2.75) is 6.92 Å². The lowest BCUT2D eigenvalue weighted by Crippen LogP contribution is -2.03. The predicted octanol–water partition coefficient (Wildman–Crippen LogP) is 3.05. The summed E-state index contributed by atoms with van der Waals surface area (Å²) >= 11 is 1.45. The number of para-hydroxylation sites is 1. The van der Waals surface area contributed by atoms with E-state index in [1.54, 1.807) is 6.92 Å². The molecule has 0 saturated carbocycles. The molecule has 2 aromatic heterocycles. The summed E-state index contributed by atoms with van der Waals surface area (Å²) in [5.41, 5.74) is 1.03. The number of aromatic nitrogens is 2. The summed E-state index contributed by atoms with van der Waals surface area (Å²) < 4.78 is 11.2. The van der Waals surface area contributed by atoms with Crippen molar-refractivity contribution in [3.63, 3.8) is 0 Å². The minimum atomic E-state index is -0.522. The van der Waals surface area contributed by atoms with Gasteiger partial charge in [-0.25, -0.2) is 14.8 Å². The fourth-order valence-corrected chi connectivity index (χ4v) is 2.72. The summed E-state index contributed by atoms with van der Waals surface area (Å²) in [5.74, 6) is 0.256. The number of benzene rings is 1. The Bertz CT molecular complexity index is 727. The highest BCUT2D eigenvalue weighted by atomic mass is 32.1. The average molecular weight is 274 g/mol. The van der Waals surface area contributed by atoms with Crippen LogP contribution in [0.5, 0.6) is 0 Å². The van der Waals surface area contributed by atoms with E-state index in [9.17, 15) is 4.79 Å². The quantitative estimate of drug-likeness (QED) is 0.672. The van der Waals surface area contributed by atoms with Crippen molar-refractivity contribution in [3.05, 3.63) is 35.9 Å². The van der Waals surface area contributed by atoms with Crippen molar-refractivity contribution in [2.75, 3.05) is 7.11 Å². The van der Waals surface area contributed by atoms with E-state index in [2.05, 4.69) is 9.97 Å². The summed E-state index contributed by atoms with van der Waals surface area (Å²) in [6.45, 7) is 1.68. The molecule has 0 N–H and O–H groups in total. The fourth-order valence-electron chi connectivity index (χ4n) is 1.78. The van der Waals surface area contributed by atoms with Gasteiger partial charge < -0.3 is 9.15 Å². The SMILES string of the molecule is COC(=O)c1nc(C)oc1-c1nc2ccccc2s1. The Labute approximate surface area is 112 Å². The number of rotatable bonds is 2.